The Labute approximate surface area is 198 Å². The average Bonchev–Trinajstić information content (AvgIpc) is 2.82. The number of carbonyl (C=O) groups excluding carboxylic acids is 1. The van der Waals surface area contributed by atoms with Gasteiger partial charge in [-0.2, -0.15) is 0 Å². The third-order valence-corrected chi connectivity index (χ3v) is 5.78. The molecule has 1 fully saturated rings. The minimum absolute atomic E-state index is 0.0198. The summed E-state index contributed by atoms with van der Waals surface area (Å²) in [7, 11) is 0. The van der Waals surface area contributed by atoms with Gasteiger partial charge >= 0.3 is 5.97 Å². The zero-order chi connectivity index (χ0) is 24.1. The monoisotopic (exact) mass is 461 g/mol. The van der Waals surface area contributed by atoms with E-state index in [4.69, 9.17) is 9.47 Å². The van der Waals surface area contributed by atoms with Gasteiger partial charge in [0.2, 0.25) is 0 Å². The van der Waals surface area contributed by atoms with Crippen LogP contribution in [0, 0.1) is 5.82 Å². The number of benzene rings is 2. The number of rotatable bonds is 7. The first-order valence-electron chi connectivity index (χ1n) is 11.4. The zero-order valence-electron chi connectivity index (χ0n) is 19.3. The van der Waals surface area contributed by atoms with Crippen molar-refractivity contribution in [3.05, 3.63) is 89.5 Å². The van der Waals surface area contributed by atoms with Gasteiger partial charge in [0, 0.05) is 18.8 Å². The molecule has 1 aromatic heterocycles. The molecule has 0 amide bonds. The zero-order valence-corrected chi connectivity index (χ0v) is 19.3. The Morgan fingerprint density at radius 3 is 2.59 bits per heavy atom. The second-order valence-corrected chi connectivity index (χ2v) is 8.76. The van der Waals surface area contributed by atoms with Crippen LogP contribution in [0.4, 0.5) is 4.39 Å². The Morgan fingerprint density at radius 2 is 1.91 bits per heavy atom. The molecule has 5 nitrogen and oxygen atoms in total. The van der Waals surface area contributed by atoms with Crippen LogP contribution in [0.3, 0.4) is 0 Å². The summed E-state index contributed by atoms with van der Waals surface area (Å²) < 4.78 is 25.2. The van der Waals surface area contributed by atoms with Crippen LogP contribution in [0.15, 0.2) is 67.0 Å². The van der Waals surface area contributed by atoms with E-state index in [-0.39, 0.29) is 18.2 Å². The summed E-state index contributed by atoms with van der Waals surface area (Å²) in [5, 5.41) is 9.95. The van der Waals surface area contributed by atoms with Crippen LogP contribution in [0.2, 0.25) is 0 Å². The fourth-order valence-corrected chi connectivity index (χ4v) is 4.04. The Bertz CT molecular complexity index is 1160. The number of hydrogen-bond acceptors (Lipinski definition) is 5. The van der Waals surface area contributed by atoms with Crippen LogP contribution >= 0.6 is 0 Å². The van der Waals surface area contributed by atoms with E-state index in [9.17, 15) is 14.3 Å². The Morgan fingerprint density at radius 1 is 1.18 bits per heavy atom. The first-order valence-corrected chi connectivity index (χ1v) is 11.4. The molecule has 34 heavy (non-hydrogen) atoms. The summed E-state index contributed by atoms with van der Waals surface area (Å²) in [6.45, 7) is 4.59. The molecule has 2 atom stereocenters. The predicted molar refractivity (Wildman–Crippen MR) is 129 cm³/mol. The van der Waals surface area contributed by atoms with Crippen molar-refractivity contribution in [2.75, 3.05) is 0 Å². The third kappa shape index (κ3) is 5.88. The fourth-order valence-electron chi connectivity index (χ4n) is 4.04. The van der Waals surface area contributed by atoms with Gasteiger partial charge in [0.1, 0.15) is 24.3 Å². The van der Waals surface area contributed by atoms with Crippen LogP contribution in [0.25, 0.3) is 17.2 Å². The number of pyridine rings is 1. The number of ether oxygens (including phenoxy) is 2. The van der Waals surface area contributed by atoms with Gasteiger partial charge in [-0.3, -0.25) is 9.78 Å². The van der Waals surface area contributed by atoms with Crippen molar-refractivity contribution in [3.63, 3.8) is 0 Å². The maximum atomic E-state index is 13.6. The van der Waals surface area contributed by atoms with Crippen LogP contribution < -0.4 is 4.74 Å². The molecular weight excluding hydrogens is 433 g/mol. The largest absolute Gasteiger partial charge is 0.489 e. The molecule has 2 unspecified atom stereocenters. The van der Waals surface area contributed by atoms with Gasteiger partial charge in [0.25, 0.3) is 0 Å². The van der Waals surface area contributed by atoms with Crippen molar-refractivity contribution < 1.29 is 23.8 Å². The molecule has 1 saturated heterocycles. The highest BCUT2D eigenvalue weighted by atomic mass is 19.1. The lowest BCUT2D eigenvalue weighted by atomic mass is 9.89. The molecule has 6 heteroatoms. The van der Waals surface area contributed by atoms with Crippen molar-refractivity contribution in [2.45, 2.75) is 51.4 Å². The van der Waals surface area contributed by atoms with Crippen LogP contribution in [-0.4, -0.2) is 28.3 Å². The van der Waals surface area contributed by atoms with Gasteiger partial charge in [-0.05, 0) is 76.2 Å². The molecule has 0 spiro atoms. The van der Waals surface area contributed by atoms with Gasteiger partial charge in [-0.15, -0.1) is 0 Å². The standard InChI is InChI=1S/C28H28FNO4/c1-18(2)26-15-24(33-17-19-9-11-30-12-10-19)16-27(20-3-5-21(29)6-4-20)25(26)8-7-23-13-22(31)14-28(32)34-23/h3-12,15-16,18,22-23,31H,13-14,17H2,1-2H3/b8-7+. The minimum atomic E-state index is -0.707. The number of aliphatic hydroxyl groups excluding tert-OH is 1. The number of aromatic nitrogens is 1. The molecule has 0 radical (unpaired) electrons. The predicted octanol–water partition coefficient (Wildman–Crippen LogP) is 5.67. The lowest BCUT2D eigenvalue weighted by molar-refractivity contribution is -0.156. The first kappa shape index (κ1) is 23.6. The van der Waals surface area contributed by atoms with Gasteiger partial charge in [0.15, 0.2) is 0 Å². The highest BCUT2D eigenvalue weighted by Crippen LogP contribution is 2.36. The molecule has 1 aliphatic heterocycles. The Kier molecular flexibility index (Phi) is 7.38. The molecule has 3 aromatic rings. The summed E-state index contributed by atoms with van der Waals surface area (Å²) in [5.74, 6) is 0.161. The van der Waals surface area contributed by atoms with Crippen molar-refractivity contribution in [2.24, 2.45) is 0 Å². The summed E-state index contributed by atoms with van der Waals surface area (Å²) in [6.07, 6.45) is 6.37. The summed E-state index contributed by atoms with van der Waals surface area (Å²) in [5.41, 5.74) is 4.72. The third-order valence-electron chi connectivity index (χ3n) is 5.78. The lowest BCUT2D eigenvalue weighted by Crippen LogP contribution is -2.31. The maximum Gasteiger partial charge on any atom is 0.309 e. The van der Waals surface area contributed by atoms with Crippen LogP contribution in [0.5, 0.6) is 5.75 Å². The fraction of sp³-hybridized carbons (Fsp3) is 0.286. The molecule has 1 aliphatic rings. The number of halogens is 1. The molecule has 0 aliphatic carbocycles. The van der Waals surface area contributed by atoms with Crippen molar-refractivity contribution in [3.8, 4) is 16.9 Å². The normalized spacial score (nSPS) is 18.3. The quantitative estimate of drug-likeness (QED) is 0.459. The van der Waals surface area contributed by atoms with Gasteiger partial charge in [-0.1, -0.05) is 32.1 Å². The van der Waals surface area contributed by atoms with Crippen LogP contribution in [-0.2, 0) is 16.1 Å². The second kappa shape index (κ2) is 10.6. The van der Waals surface area contributed by atoms with E-state index < -0.39 is 18.2 Å². The average molecular weight is 462 g/mol. The molecule has 0 bridgehead atoms. The summed E-state index contributed by atoms with van der Waals surface area (Å²) in [4.78, 5) is 15.8. The first-order chi connectivity index (χ1) is 16.4. The molecule has 4 rings (SSSR count). The SMILES string of the molecule is CC(C)c1cc(OCc2ccncc2)cc(-c2ccc(F)cc2)c1/C=C/C1CC(O)CC(=O)O1. The maximum absolute atomic E-state index is 13.6. The van der Waals surface area contributed by atoms with E-state index >= 15 is 0 Å². The second-order valence-electron chi connectivity index (χ2n) is 8.76. The number of hydrogen-bond donors (Lipinski definition) is 1. The molecule has 176 valence electrons. The highest BCUT2D eigenvalue weighted by molar-refractivity contribution is 5.79. The van der Waals surface area contributed by atoms with Crippen molar-refractivity contribution in [1.82, 2.24) is 4.98 Å². The van der Waals surface area contributed by atoms with Crippen molar-refractivity contribution in [1.29, 1.82) is 0 Å². The van der Waals surface area contributed by atoms with Gasteiger partial charge in [-0.25, -0.2) is 4.39 Å². The summed E-state index contributed by atoms with van der Waals surface area (Å²) in [6, 6.07) is 14.1. The molecule has 0 saturated carbocycles. The lowest BCUT2D eigenvalue weighted by Gasteiger charge is -2.24. The Balaban J connectivity index is 1.73. The van der Waals surface area contributed by atoms with Crippen LogP contribution in [0.1, 0.15) is 49.3 Å². The van der Waals surface area contributed by atoms with Gasteiger partial charge < -0.3 is 14.6 Å². The van der Waals surface area contributed by atoms with Gasteiger partial charge in [0.05, 0.1) is 12.5 Å². The number of carbonyl (C=O) groups is 1. The number of nitrogens with zero attached hydrogens (tertiary/aromatic N) is 1. The Hall–Kier alpha value is -3.51. The smallest absolute Gasteiger partial charge is 0.309 e. The number of aliphatic hydroxyl groups is 1. The molecule has 2 aromatic carbocycles. The van der Waals surface area contributed by atoms with E-state index in [1.54, 1.807) is 24.5 Å². The molecule has 2 heterocycles. The number of cyclic esters (lactones) is 1. The van der Waals surface area contributed by atoms with E-state index in [1.165, 1.54) is 12.1 Å². The molecule has 1 N–H and O–H groups in total. The van der Waals surface area contributed by atoms with E-state index in [2.05, 4.69) is 18.8 Å². The molecular formula is C28H28FNO4. The number of esters is 1. The van der Waals surface area contributed by atoms with Crippen molar-refractivity contribution >= 4 is 12.0 Å². The van der Waals surface area contributed by atoms with E-state index in [0.29, 0.717) is 18.8 Å². The summed E-state index contributed by atoms with van der Waals surface area (Å²) >= 11 is 0. The minimum Gasteiger partial charge on any atom is -0.489 e. The van der Waals surface area contributed by atoms with E-state index in [1.807, 2.05) is 36.4 Å². The topological polar surface area (TPSA) is 68.7 Å². The highest BCUT2D eigenvalue weighted by Gasteiger charge is 2.25. The van der Waals surface area contributed by atoms with E-state index in [0.717, 1.165) is 27.8 Å².